The number of carbonyl (C=O) groups excluding carboxylic acids is 1. The number of likely N-dealkylation sites (tertiary alicyclic amines) is 1. The van der Waals surface area contributed by atoms with Gasteiger partial charge < -0.3 is 15.5 Å². The van der Waals surface area contributed by atoms with Gasteiger partial charge in [0.15, 0.2) is 5.11 Å². The molecule has 0 unspecified atom stereocenters. The van der Waals surface area contributed by atoms with Crippen LogP contribution in [-0.2, 0) is 0 Å². The number of hydrogen-bond donors (Lipinski definition) is 2. The molecule has 2 N–H and O–H groups in total. The fourth-order valence-electron chi connectivity index (χ4n) is 2.89. The summed E-state index contributed by atoms with van der Waals surface area (Å²) in [4.78, 5) is 14.3. The van der Waals surface area contributed by atoms with Crippen LogP contribution in [0.5, 0.6) is 0 Å². The van der Waals surface area contributed by atoms with Crippen LogP contribution in [0.1, 0.15) is 23.2 Å². The van der Waals surface area contributed by atoms with Gasteiger partial charge in [-0.2, -0.15) is 0 Å². The molecule has 4 nitrogen and oxygen atoms in total. The van der Waals surface area contributed by atoms with Crippen molar-refractivity contribution in [1.29, 1.82) is 0 Å². The van der Waals surface area contributed by atoms with Gasteiger partial charge >= 0.3 is 0 Å². The minimum Gasteiger partial charge on any atom is -0.349 e. The Morgan fingerprint density at radius 1 is 1.15 bits per heavy atom. The zero-order valence-electron chi connectivity index (χ0n) is 14.0. The molecule has 0 bridgehead atoms. The van der Waals surface area contributed by atoms with E-state index in [9.17, 15) is 9.18 Å². The third-order valence-electron chi connectivity index (χ3n) is 4.28. The predicted octanol–water partition coefficient (Wildman–Crippen LogP) is 4.07. The lowest BCUT2D eigenvalue weighted by Gasteiger charge is -2.34. The van der Waals surface area contributed by atoms with Crippen molar-refractivity contribution in [3.63, 3.8) is 0 Å². The monoisotopic (exact) mass is 391 g/mol. The number of carbonyl (C=O) groups is 1. The number of piperidine rings is 1. The molecule has 1 heterocycles. The van der Waals surface area contributed by atoms with Crippen LogP contribution in [-0.4, -0.2) is 35.1 Å². The van der Waals surface area contributed by atoms with E-state index in [4.69, 9.17) is 23.8 Å². The summed E-state index contributed by atoms with van der Waals surface area (Å²) in [6.07, 6.45) is 1.55. The molecule has 1 aliphatic rings. The summed E-state index contributed by atoms with van der Waals surface area (Å²) in [7, 11) is 0. The maximum absolute atomic E-state index is 13.2. The Balaban J connectivity index is 1.49. The predicted molar refractivity (Wildman–Crippen MR) is 106 cm³/mol. The number of thiocarbonyl (C=S) groups is 1. The molecule has 0 atom stereocenters. The van der Waals surface area contributed by atoms with Gasteiger partial charge in [-0.15, -0.1) is 0 Å². The maximum Gasteiger partial charge on any atom is 0.251 e. The van der Waals surface area contributed by atoms with Crippen LogP contribution >= 0.6 is 23.8 Å². The van der Waals surface area contributed by atoms with Crippen LogP contribution in [0.2, 0.25) is 5.02 Å². The van der Waals surface area contributed by atoms with Gasteiger partial charge in [0.05, 0.1) is 0 Å². The molecule has 0 saturated carbocycles. The number of rotatable bonds is 3. The average molecular weight is 392 g/mol. The molecule has 1 fully saturated rings. The molecule has 0 spiro atoms. The van der Waals surface area contributed by atoms with Crippen molar-refractivity contribution in [3.8, 4) is 0 Å². The third-order valence-corrected chi connectivity index (χ3v) is 4.88. The van der Waals surface area contributed by atoms with Crippen molar-refractivity contribution < 1.29 is 9.18 Å². The van der Waals surface area contributed by atoms with Crippen molar-refractivity contribution in [1.82, 2.24) is 10.2 Å². The lowest BCUT2D eigenvalue weighted by atomic mass is 10.0. The summed E-state index contributed by atoms with van der Waals surface area (Å²) >= 11 is 11.4. The largest absolute Gasteiger partial charge is 0.349 e. The molecule has 136 valence electrons. The van der Waals surface area contributed by atoms with E-state index in [-0.39, 0.29) is 11.9 Å². The minimum absolute atomic E-state index is 0.0518. The summed E-state index contributed by atoms with van der Waals surface area (Å²) in [6.45, 7) is 1.47. The number of anilines is 1. The first-order valence-corrected chi connectivity index (χ1v) is 9.18. The van der Waals surface area contributed by atoms with Crippen LogP contribution < -0.4 is 10.6 Å². The van der Waals surface area contributed by atoms with Gasteiger partial charge in [0.2, 0.25) is 0 Å². The van der Waals surface area contributed by atoms with Gasteiger partial charge in [0, 0.05) is 35.4 Å². The second-order valence-electron chi connectivity index (χ2n) is 6.19. The number of hydrogen-bond acceptors (Lipinski definition) is 2. The van der Waals surface area contributed by atoms with Crippen molar-refractivity contribution in [2.45, 2.75) is 18.9 Å². The summed E-state index contributed by atoms with van der Waals surface area (Å²) in [5.41, 5.74) is 1.19. The van der Waals surface area contributed by atoms with Crippen molar-refractivity contribution in [2.75, 3.05) is 18.4 Å². The number of halogens is 2. The van der Waals surface area contributed by atoms with E-state index in [1.54, 1.807) is 6.07 Å². The lowest BCUT2D eigenvalue weighted by Crippen LogP contribution is -2.47. The van der Waals surface area contributed by atoms with E-state index in [2.05, 4.69) is 15.5 Å². The summed E-state index contributed by atoms with van der Waals surface area (Å²) in [5.74, 6) is -0.660. The van der Waals surface area contributed by atoms with E-state index >= 15 is 0 Å². The smallest absolute Gasteiger partial charge is 0.251 e. The molecule has 0 aliphatic carbocycles. The van der Waals surface area contributed by atoms with Crippen LogP contribution in [0.4, 0.5) is 10.1 Å². The first-order chi connectivity index (χ1) is 12.5. The Labute approximate surface area is 162 Å². The zero-order chi connectivity index (χ0) is 18.5. The Morgan fingerprint density at radius 2 is 1.88 bits per heavy atom. The Hall–Kier alpha value is -2.18. The highest BCUT2D eigenvalue weighted by Gasteiger charge is 2.22. The van der Waals surface area contributed by atoms with Gasteiger partial charge in [-0.3, -0.25) is 4.79 Å². The van der Waals surface area contributed by atoms with E-state index in [0.29, 0.717) is 15.7 Å². The van der Waals surface area contributed by atoms with E-state index < -0.39 is 5.82 Å². The normalized spacial score (nSPS) is 14.8. The molecule has 26 heavy (non-hydrogen) atoms. The Morgan fingerprint density at radius 3 is 2.58 bits per heavy atom. The molecule has 2 aromatic rings. The molecule has 7 heteroatoms. The fraction of sp³-hybridized carbons (Fsp3) is 0.263. The highest BCUT2D eigenvalue weighted by Crippen LogP contribution is 2.17. The van der Waals surface area contributed by atoms with Gasteiger partial charge in [-0.25, -0.2) is 4.39 Å². The Bertz CT molecular complexity index is 809. The Kier molecular flexibility index (Phi) is 6.06. The maximum atomic E-state index is 13.2. The summed E-state index contributed by atoms with van der Waals surface area (Å²) < 4.78 is 13.2. The molecule has 2 aromatic carbocycles. The van der Waals surface area contributed by atoms with E-state index in [1.165, 1.54) is 18.2 Å². The molecular formula is C19H19ClFN3OS. The average Bonchev–Trinajstić information content (AvgIpc) is 2.62. The highest BCUT2D eigenvalue weighted by atomic mass is 35.5. The highest BCUT2D eigenvalue weighted by molar-refractivity contribution is 7.80. The molecular weight excluding hydrogens is 373 g/mol. The molecule has 3 rings (SSSR count). The van der Waals surface area contributed by atoms with Gasteiger partial charge in [-0.05, 0) is 61.5 Å². The van der Waals surface area contributed by atoms with Crippen LogP contribution in [0.15, 0.2) is 48.5 Å². The van der Waals surface area contributed by atoms with Crippen molar-refractivity contribution in [3.05, 3.63) is 64.9 Å². The summed E-state index contributed by atoms with van der Waals surface area (Å²) in [6, 6.07) is 13.2. The lowest BCUT2D eigenvalue weighted by molar-refractivity contribution is 0.0922. The number of nitrogens with one attached hydrogen (secondary N) is 2. The SMILES string of the molecule is O=C(NC1CCN(C(=S)Nc2cccc(Cl)c2)CC1)c1cccc(F)c1. The summed E-state index contributed by atoms with van der Waals surface area (Å²) in [5, 5.41) is 7.44. The fourth-order valence-corrected chi connectivity index (χ4v) is 3.38. The number of benzene rings is 2. The van der Waals surface area contributed by atoms with Gasteiger partial charge in [0.1, 0.15) is 5.82 Å². The molecule has 0 aromatic heterocycles. The third kappa shape index (κ3) is 4.93. The first kappa shape index (κ1) is 18.6. The molecule has 0 radical (unpaired) electrons. The second kappa shape index (κ2) is 8.47. The van der Waals surface area contributed by atoms with Gasteiger partial charge in [0.25, 0.3) is 5.91 Å². The van der Waals surface area contributed by atoms with Crippen molar-refractivity contribution in [2.24, 2.45) is 0 Å². The van der Waals surface area contributed by atoms with Crippen LogP contribution in [0.3, 0.4) is 0 Å². The molecule has 1 amide bonds. The van der Waals surface area contributed by atoms with Crippen LogP contribution in [0.25, 0.3) is 0 Å². The first-order valence-electron chi connectivity index (χ1n) is 8.39. The second-order valence-corrected chi connectivity index (χ2v) is 7.01. The van der Waals surface area contributed by atoms with Gasteiger partial charge in [-0.1, -0.05) is 23.7 Å². The topological polar surface area (TPSA) is 44.4 Å². The minimum atomic E-state index is -0.412. The van der Waals surface area contributed by atoms with E-state index in [0.717, 1.165) is 31.6 Å². The standard InChI is InChI=1S/C19H19ClFN3OS/c20-14-4-2-6-17(12-14)23-19(26)24-9-7-16(8-10-24)22-18(25)13-3-1-5-15(21)11-13/h1-6,11-12,16H,7-10H2,(H,22,25)(H,23,26). The van der Waals surface area contributed by atoms with E-state index in [1.807, 2.05) is 24.3 Å². The number of nitrogens with zero attached hydrogens (tertiary/aromatic N) is 1. The molecule has 1 saturated heterocycles. The quantitative estimate of drug-likeness (QED) is 0.774. The number of amides is 1. The van der Waals surface area contributed by atoms with Crippen molar-refractivity contribution >= 4 is 40.5 Å². The zero-order valence-corrected chi connectivity index (χ0v) is 15.6. The van der Waals surface area contributed by atoms with Crippen LogP contribution in [0, 0.1) is 5.82 Å². The molecule has 1 aliphatic heterocycles.